The summed E-state index contributed by atoms with van der Waals surface area (Å²) in [4.78, 5) is 1.29. The first kappa shape index (κ1) is 12.9. The third-order valence-corrected chi connectivity index (χ3v) is 5.03. The van der Waals surface area contributed by atoms with Gasteiger partial charge in [0.05, 0.1) is 0 Å². The van der Waals surface area contributed by atoms with Gasteiger partial charge in [0.1, 0.15) is 11.5 Å². The zero-order valence-corrected chi connectivity index (χ0v) is 12.6. The number of thiophene rings is 1. The Labute approximate surface area is 114 Å². The maximum atomic E-state index is 6.30. The molecule has 4 heteroatoms. The summed E-state index contributed by atoms with van der Waals surface area (Å²) >= 11 is 5.27. The Hall–Kier alpha value is -0.580. The van der Waals surface area contributed by atoms with E-state index in [1.54, 1.807) is 11.3 Å². The SMILES string of the molecule is Cc1oc(C)c(C(N)Cc2sccc2Br)c1C. The average Bonchev–Trinajstić information content (AvgIpc) is 2.74. The van der Waals surface area contributed by atoms with Crippen molar-refractivity contribution in [3.63, 3.8) is 0 Å². The predicted molar refractivity (Wildman–Crippen MR) is 75.6 cm³/mol. The molecule has 0 bridgehead atoms. The molecule has 0 fully saturated rings. The smallest absolute Gasteiger partial charge is 0.106 e. The highest BCUT2D eigenvalue weighted by atomic mass is 79.9. The molecule has 0 radical (unpaired) electrons. The topological polar surface area (TPSA) is 39.2 Å². The van der Waals surface area contributed by atoms with E-state index < -0.39 is 0 Å². The van der Waals surface area contributed by atoms with E-state index in [1.807, 2.05) is 13.8 Å². The second-order valence-corrected chi connectivity index (χ2v) is 6.11. The van der Waals surface area contributed by atoms with Gasteiger partial charge in [-0.15, -0.1) is 11.3 Å². The van der Waals surface area contributed by atoms with E-state index in [4.69, 9.17) is 10.2 Å². The highest BCUT2D eigenvalue weighted by Crippen LogP contribution is 2.31. The highest BCUT2D eigenvalue weighted by molar-refractivity contribution is 9.10. The third-order valence-electron chi connectivity index (χ3n) is 3.08. The van der Waals surface area contributed by atoms with Crippen LogP contribution >= 0.6 is 27.3 Å². The van der Waals surface area contributed by atoms with Crippen LogP contribution in [0.3, 0.4) is 0 Å². The van der Waals surface area contributed by atoms with Crippen LogP contribution < -0.4 is 5.73 Å². The van der Waals surface area contributed by atoms with Gasteiger partial charge in [0.25, 0.3) is 0 Å². The Balaban J connectivity index is 2.26. The quantitative estimate of drug-likeness (QED) is 0.919. The minimum atomic E-state index is 0.00222. The average molecular weight is 314 g/mol. The maximum absolute atomic E-state index is 6.30. The molecule has 1 atom stereocenters. The first-order valence-corrected chi connectivity index (χ1v) is 7.22. The van der Waals surface area contributed by atoms with Crippen LogP contribution in [0.4, 0.5) is 0 Å². The van der Waals surface area contributed by atoms with Crippen molar-refractivity contribution in [1.29, 1.82) is 0 Å². The fourth-order valence-electron chi connectivity index (χ4n) is 2.13. The summed E-state index contributed by atoms with van der Waals surface area (Å²) < 4.78 is 6.77. The van der Waals surface area contributed by atoms with Crippen LogP contribution in [0.25, 0.3) is 0 Å². The summed E-state index contributed by atoms with van der Waals surface area (Å²) in [6, 6.07) is 2.06. The zero-order chi connectivity index (χ0) is 12.6. The van der Waals surface area contributed by atoms with Crippen LogP contribution in [-0.2, 0) is 6.42 Å². The normalized spacial score (nSPS) is 13.0. The minimum absolute atomic E-state index is 0.00222. The van der Waals surface area contributed by atoms with Crippen LogP contribution in [0.2, 0.25) is 0 Å². The van der Waals surface area contributed by atoms with Crippen molar-refractivity contribution in [2.45, 2.75) is 33.2 Å². The van der Waals surface area contributed by atoms with Gasteiger partial charge in [0.2, 0.25) is 0 Å². The number of halogens is 1. The number of furan rings is 1. The van der Waals surface area contributed by atoms with Gasteiger partial charge in [-0.2, -0.15) is 0 Å². The standard InChI is InChI=1S/C13H16BrNOS/c1-7-8(2)16-9(3)13(7)11(15)6-12-10(14)4-5-17-12/h4-5,11H,6,15H2,1-3H3. The summed E-state index contributed by atoms with van der Waals surface area (Å²) in [5.41, 5.74) is 8.63. The Morgan fingerprint density at radius 3 is 2.53 bits per heavy atom. The maximum Gasteiger partial charge on any atom is 0.106 e. The van der Waals surface area contributed by atoms with Crippen molar-refractivity contribution in [1.82, 2.24) is 0 Å². The number of hydrogen-bond donors (Lipinski definition) is 1. The molecule has 1 unspecified atom stereocenters. The molecule has 0 aliphatic carbocycles. The van der Waals surface area contributed by atoms with Crippen LogP contribution in [0.5, 0.6) is 0 Å². The van der Waals surface area contributed by atoms with Crippen LogP contribution in [0, 0.1) is 20.8 Å². The summed E-state index contributed by atoms with van der Waals surface area (Å²) in [6.07, 6.45) is 0.846. The zero-order valence-electron chi connectivity index (χ0n) is 10.2. The van der Waals surface area contributed by atoms with Gasteiger partial charge in [0.15, 0.2) is 0 Å². The molecule has 0 aliphatic heterocycles. The molecular weight excluding hydrogens is 298 g/mol. The minimum Gasteiger partial charge on any atom is -0.466 e. The number of nitrogens with two attached hydrogens (primary N) is 1. The molecule has 2 nitrogen and oxygen atoms in total. The van der Waals surface area contributed by atoms with Crippen LogP contribution in [-0.4, -0.2) is 0 Å². The van der Waals surface area contributed by atoms with E-state index in [2.05, 4.69) is 34.3 Å². The van der Waals surface area contributed by atoms with Crippen molar-refractivity contribution < 1.29 is 4.42 Å². The molecular formula is C13H16BrNOS. The lowest BCUT2D eigenvalue weighted by molar-refractivity contribution is 0.496. The van der Waals surface area contributed by atoms with Crippen molar-refractivity contribution >= 4 is 27.3 Å². The summed E-state index contributed by atoms with van der Waals surface area (Å²) in [6.45, 7) is 6.04. The largest absolute Gasteiger partial charge is 0.466 e. The van der Waals surface area contributed by atoms with E-state index in [-0.39, 0.29) is 6.04 Å². The number of aryl methyl sites for hydroxylation is 2. The monoisotopic (exact) mass is 313 g/mol. The fraction of sp³-hybridized carbons (Fsp3) is 0.385. The lowest BCUT2D eigenvalue weighted by atomic mass is 10.00. The molecule has 92 valence electrons. The highest BCUT2D eigenvalue weighted by Gasteiger charge is 2.19. The Kier molecular flexibility index (Phi) is 3.76. The van der Waals surface area contributed by atoms with Gasteiger partial charge in [-0.1, -0.05) is 0 Å². The third kappa shape index (κ3) is 2.49. The first-order chi connectivity index (χ1) is 8.00. The molecule has 0 aliphatic rings. The molecule has 0 spiro atoms. The Morgan fingerprint density at radius 1 is 1.35 bits per heavy atom. The van der Waals surface area contributed by atoms with Gasteiger partial charge in [-0.25, -0.2) is 0 Å². The van der Waals surface area contributed by atoms with Crippen molar-refractivity contribution in [2.75, 3.05) is 0 Å². The summed E-state index contributed by atoms with van der Waals surface area (Å²) in [5.74, 6) is 1.92. The Bertz CT molecular complexity index is 530. The number of rotatable bonds is 3. The second-order valence-electron chi connectivity index (χ2n) is 4.26. The molecule has 2 aromatic heterocycles. The Morgan fingerprint density at radius 2 is 2.06 bits per heavy atom. The molecule has 2 rings (SSSR count). The van der Waals surface area contributed by atoms with E-state index in [0.29, 0.717) is 0 Å². The van der Waals surface area contributed by atoms with Gasteiger partial charge in [0, 0.05) is 27.4 Å². The van der Waals surface area contributed by atoms with Crippen molar-refractivity contribution in [3.05, 3.63) is 43.4 Å². The predicted octanol–water partition coefficient (Wildman–Crippen LogP) is 4.27. The van der Waals surface area contributed by atoms with E-state index in [0.717, 1.165) is 28.0 Å². The van der Waals surface area contributed by atoms with E-state index >= 15 is 0 Å². The molecule has 0 saturated carbocycles. The van der Waals surface area contributed by atoms with Crippen LogP contribution in [0.1, 0.15) is 33.6 Å². The van der Waals surface area contributed by atoms with Crippen molar-refractivity contribution in [2.24, 2.45) is 5.73 Å². The fourth-order valence-corrected chi connectivity index (χ4v) is 3.70. The van der Waals surface area contributed by atoms with Crippen molar-refractivity contribution in [3.8, 4) is 0 Å². The van der Waals surface area contributed by atoms with Crippen LogP contribution in [0.15, 0.2) is 20.3 Å². The summed E-state index contributed by atoms with van der Waals surface area (Å²) in [5, 5.41) is 2.08. The van der Waals surface area contributed by atoms with Gasteiger partial charge < -0.3 is 10.2 Å². The van der Waals surface area contributed by atoms with Gasteiger partial charge in [-0.3, -0.25) is 0 Å². The lowest BCUT2D eigenvalue weighted by Crippen LogP contribution is -2.14. The first-order valence-electron chi connectivity index (χ1n) is 5.54. The second kappa shape index (κ2) is 4.96. The summed E-state index contributed by atoms with van der Waals surface area (Å²) in [7, 11) is 0. The molecule has 2 aromatic rings. The molecule has 17 heavy (non-hydrogen) atoms. The molecule has 0 amide bonds. The molecule has 2 heterocycles. The molecule has 2 N–H and O–H groups in total. The molecule has 0 saturated heterocycles. The van der Waals surface area contributed by atoms with E-state index in [9.17, 15) is 0 Å². The molecule has 0 aromatic carbocycles. The van der Waals surface area contributed by atoms with Gasteiger partial charge >= 0.3 is 0 Å². The number of hydrogen-bond acceptors (Lipinski definition) is 3. The lowest BCUT2D eigenvalue weighted by Gasteiger charge is -2.11. The van der Waals surface area contributed by atoms with E-state index in [1.165, 1.54) is 10.4 Å². The van der Waals surface area contributed by atoms with Gasteiger partial charge in [-0.05, 0) is 53.7 Å².